The van der Waals surface area contributed by atoms with Crippen LogP contribution in [0.3, 0.4) is 0 Å². The van der Waals surface area contributed by atoms with Crippen LogP contribution in [0.15, 0.2) is 72.8 Å². The lowest BCUT2D eigenvalue weighted by molar-refractivity contribution is -0.137. The molecule has 2 amide bonds. The van der Waals surface area contributed by atoms with Gasteiger partial charge in [0.15, 0.2) is 0 Å². The van der Waals surface area contributed by atoms with Crippen molar-refractivity contribution in [3.05, 3.63) is 83.9 Å². The molecule has 0 unspecified atom stereocenters. The summed E-state index contributed by atoms with van der Waals surface area (Å²) in [5.41, 5.74) is 1.85. The summed E-state index contributed by atoms with van der Waals surface area (Å²) >= 11 is 0. The maximum Gasteiger partial charge on any atom is 0.322 e. The number of carbonyl (C=O) groups is 3. The maximum atomic E-state index is 12.9. The fourth-order valence-corrected chi connectivity index (χ4v) is 3.56. The van der Waals surface area contributed by atoms with Crippen molar-refractivity contribution in [2.45, 2.75) is 31.1 Å². The summed E-state index contributed by atoms with van der Waals surface area (Å²) in [7, 11) is 0. The molecule has 3 aromatic carbocycles. The highest BCUT2D eigenvalue weighted by Crippen LogP contribution is 2.17. The minimum absolute atomic E-state index is 0.293. The van der Waals surface area contributed by atoms with E-state index in [1.807, 2.05) is 72.8 Å². The average Bonchev–Trinajstić information content (AvgIpc) is 3.59. The first-order valence-corrected chi connectivity index (χ1v) is 10.1. The van der Waals surface area contributed by atoms with Gasteiger partial charge in [-0.3, -0.25) is 19.7 Å². The summed E-state index contributed by atoms with van der Waals surface area (Å²) in [5, 5.41) is 19.4. The van der Waals surface area contributed by atoms with Gasteiger partial charge in [-0.15, -0.1) is 0 Å². The van der Waals surface area contributed by atoms with Crippen molar-refractivity contribution in [1.82, 2.24) is 16.0 Å². The SMILES string of the molecule is O=C(NCc1ccccc1)[C@H](Cc1ccc2ccccc2c1)NC(=O)[C@H]1N[C@@H]1C(=O)O. The minimum Gasteiger partial charge on any atom is -0.480 e. The molecule has 0 aromatic heterocycles. The van der Waals surface area contributed by atoms with Crippen LogP contribution < -0.4 is 16.0 Å². The van der Waals surface area contributed by atoms with Crippen LogP contribution in [0, 0.1) is 0 Å². The van der Waals surface area contributed by atoms with Crippen LogP contribution in [-0.4, -0.2) is 41.0 Å². The van der Waals surface area contributed by atoms with E-state index in [1.54, 1.807) is 0 Å². The fourth-order valence-electron chi connectivity index (χ4n) is 3.56. The quantitative estimate of drug-likeness (QED) is 0.416. The van der Waals surface area contributed by atoms with Crippen molar-refractivity contribution in [3.8, 4) is 0 Å². The smallest absolute Gasteiger partial charge is 0.322 e. The van der Waals surface area contributed by atoms with E-state index < -0.39 is 30.0 Å². The highest BCUT2D eigenvalue weighted by atomic mass is 16.4. The predicted octanol–water partition coefficient (Wildman–Crippen LogP) is 1.61. The Kier molecular flexibility index (Phi) is 5.95. The van der Waals surface area contributed by atoms with E-state index >= 15 is 0 Å². The van der Waals surface area contributed by atoms with Gasteiger partial charge in [0.25, 0.3) is 0 Å². The molecule has 4 N–H and O–H groups in total. The average molecular weight is 417 g/mol. The summed E-state index contributed by atoms with van der Waals surface area (Å²) in [4.78, 5) is 36.5. The molecular formula is C24H23N3O4. The second kappa shape index (κ2) is 8.97. The third kappa shape index (κ3) is 5.07. The Hall–Kier alpha value is -3.71. The highest BCUT2D eigenvalue weighted by Gasteiger charge is 2.48. The summed E-state index contributed by atoms with van der Waals surface area (Å²) < 4.78 is 0. The molecule has 1 heterocycles. The predicted molar refractivity (Wildman–Crippen MR) is 116 cm³/mol. The van der Waals surface area contributed by atoms with Crippen LogP contribution >= 0.6 is 0 Å². The molecule has 7 nitrogen and oxygen atoms in total. The Bertz CT molecular complexity index is 1120. The van der Waals surface area contributed by atoms with Gasteiger partial charge in [0.05, 0.1) is 0 Å². The molecule has 1 saturated heterocycles. The molecule has 4 rings (SSSR count). The Labute approximate surface area is 179 Å². The number of amides is 2. The number of hydrogen-bond acceptors (Lipinski definition) is 4. The normalized spacial score (nSPS) is 18.2. The third-order valence-corrected chi connectivity index (χ3v) is 5.33. The zero-order chi connectivity index (χ0) is 21.8. The van der Waals surface area contributed by atoms with E-state index in [1.165, 1.54) is 0 Å². The minimum atomic E-state index is -1.08. The number of nitrogens with one attached hydrogen (secondary N) is 3. The molecule has 3 atom stereocenters. The third-order valence-electron chi connectivity index (χ3n) is 5.33. The molecule has 0 spiro atoms. The summed E-state index contributed by atoms with van der Waals surface area (Å²) in [6, 6.07) is 20.8. The molecule has 1 aliphatic heterocycles. The van der Waals surface area contributed by atoms with Gasteiger partial charge in [-0.25, -0.2) is 0 Å². The maximum absolute atomic E-state index is 12.9. The van der Waals surface area contributed by atoms with Gasteiger partial charge in [0.1, 0.15) is 18.1 Å². The van der Waals surface area contributed by atoms with Gasteiger partial charge in [0.2, 0.25) is 11.8 Å². The van der Waals surface area contributed by atoms with Crippen LogP contribution in [0.2, 0.25) is 0 Å². The van der Waals surface area contributed by atoms with Gasteiger partial charge in [-0.2, -0.15) is 0 Å². The van der Waals surface area contributed by atoms with Gasteiger partial charge >= 0.3 is 5.97 Å². The lowest BCUT2D eigenvalue weighted by atomic mass is 10.0. The number of fused-ring (bicyclic) bond motifs is 1. The lowest BCUT2D eigenvalue weighted by Gasteiger charge is -2.19. The molecule has 0 aliphatic carbocycles. The van der Waals surface area contributed by atoms with Crippen molar-refractivity contribution in [3.63, 3.8) is 0 Å². The Balaban J connectivity index is 1.48. The van der Waals surface area contributed by atoms with Gasteiger partial charge in [-0.1, -0.05) is 72.8 Å². The molecular weight excluding hydrogens is 394 g/mol. The van der Waals surface area contributed by atoms with Crippen LogP contribution in [0.5, 0.6) is 0 Å². The Morgan fingerprint density at radius 2 is 1.58 bits per heavy atom. The molecule has 1 aliphatic rings. The number of carbonyl (C=O) groups excluding carboxylic acids is 2. The zero-order valence-corrected chi connectivity index (χ0v) is 16.7. The monoisotopic (exact) mass is 417 g/mol. The van der Waals surface area contributed by atoms with Crippen LogP contribution in [-0.2, 0) is 27.3 Å². The zero-order valence-electron chi connectivity index (χ0n) is 16.7. The molecule has 3 aromatic rings. The summed E-state index contributed by atoms with van der Waals surface area (Å²) in [5.74, 6) is -1.90. The molecule has 0 saturated carbocycles. The first-order chi connectivity index (χ1) is 15.0. The molecule has 0 bridgehead atoms. The largest absolute Gasteiger partial charge is 0.480 e. The van der Waals surface area contributed by atoms with Gasteiger partial charge in [0, 0.05) is 13.0 Å². The highest BCUT2D eigenvalue weighted by molar-refractivity contribution is 5.97. The summed E-state index contributed by atoms with van der Waals surface area (Å²) in [6.07, 6.45) is 0.293. The number of carboxylic acid groups (broad SMARTS) is 1. The number of hydrogen-bond donors (Lipinski definition) is 4. The molecule has 7 heteroatoms. The lowest BCUT2D eigenvalue weighted by Crippen LogP contribution is -2.49. The number of carboxylic acids is 1. The van der Waals surface area contributed by atoms with E-state index in [0.717, 1.165) is 21.9 Å². The molecule has 31 heavy (non-hydrogen) atoms. The fraction of sp³-hybridized carbons (Fsp3) is 0.208. The number of aliphatic carboxylic acids is 1. The standard InChI is InChI=1S/C24H23N3O4/c28-22(25-14-15-6-2-1-3-7-15)19(26-23(29)20-21(27-20)24(30)31)13-16-10-11-17-8-4-5-9-18(17)12-16/h1-12,19-21,27H,13-14H2,(H,25,28)(H,26,29)(H,30,31)/t19-,20-,21-/m0/s1. The van der Waals surface area contributed by atoms with E-state index in [4.69, 9.17) is 5.11 Å². The van der Waals surface area contributed by atoms with E-state index in [0.29, 0.717) is 13.0 Å². The summed E-state index contributed by atoms with van der Waals surface area (Å²) in [6.45, 7) is 0.337. The van der Waals surface area contributed by atoms with Crippen molar-refractivity contribution in [1.29, 1.82) is 0 Å². The number of benzene rings is 3. The van der Waals surface area contributed by atoms with E-state index in [-0.39, 0.29) is 5.91 Å². The van der Waals surface area contributed by atoms with Crippen molar-refractivity contribution >= 4 is 28.6 Å². The first kappa shape index (κ1) is 20.6. The Morgan fingerprint density at radius 3 is 2.29 bits per heavy atom. The first-order valence-electron chi connectivity index (χ1n) is 10.1. The van der Waals surface area contributed by atoms with Crippen molar-refractivity contribution in [2.24, 2.45) is 0 Å². The van der Waals surface area contributed by atoms with Crippen LogP contribution in [0.1, 0.15) is 11.1 Å². The topological polar surface area (TPSA) is 117 Å². The van der Waals surface area contributed by atoms with E-state index in [2.05, 4.69) is 16.0 Å². The molecule has 158 valence electrons. The Morgan fingerprint density at radius 1 is 0.871 bits per heavy atom. The van der Waals surface area contributed by atoms with Crippen LogP contribution in [0.4, 0.5) is 0 Å². The van der Waals surface area contributed by atoms with Crippen LogP contribution in [0.25, 0.3) is 10.8 Å². The number of rotatable bonds is 8. The van der Waals surface area contributed by atoms with E-state index in [9.17, 15) is 14.4 Å². The second-order valence-corrected chi connectivity index (χ2v) is 7.61. The molecule has 1 fully saturated rings. The van der Waals surface area contributed by atoms with Crippen molar-refractivity contribution < 1.29 is 19.5 Å². The van der Waals surface area contributed by atoms with Gasteiger partial charge in [-0.05, 0) is 21.9 Å². The van der Waals surface area contributed by atoms with Gasteiger partial charge < -0.3 is 15.7 Å². The molecule has 0 radical (unpaired) electrons. The van der Waals surface area contributed by atoms with Crippen molar-refractivity contribution in [2.75, 3.05) is 0 Å². The second-order valence-electron chi connectivity index (χ2n) is 7.61.